The van der Waals surface area contributed by atoms with Gasteiger partial charge < -0.3 is 5.11 Å². The minimum absolute atomic E-state index is 0.556. The number of hydrogen-bond donors (Lipinski definition) is 1. The lowest BCUT2D eigenvalue weighted by molar-refractivity contribution is 0.0616. The van der Waals surface area contributed by atoms with Crippen molar-refractivity contribution in [1.82, 2.24) is 0 Å². The van der Waals surface area contributed by atoms with E-state index in [1.54, 1.807) is 11.3 Å². The number of aliphatic hydroxyl groups is 1. The molecule has 1 unspecified atom stereocenters. The molecule has 3 aromatic rings. The fraction of sp³-hybridized carbons (Fsp3) is 0.176. The van der Waals surface area contributed by atoms with Crippen LogP contribution in [0, 0.1) is 0 Å². The average Bonchev–Trinajstić information content (AvgIpc) is 2.82. The number of fused-ring (bicyclic) bond motifs is 1. The molecule has 1 aromatic heterocycles. The van der Waals surface area contributed by atoms with Gasteiger partial charge in [0, 0.05) is 21.0 Å². The second-order valence-electron chi connectivity index (χ2n) is 5.23. The Morgan fingerprint density at radius 1 is 1.10 bits per heavy atom. The van der Waals surface area contributed by atoms with Gasteiger partial charge in [-0.3, -0.25) is 0 Å². The lowest BCUT2D eigenvalue weighted by atomic mass is 9.94. The van der Waals surface area contributed by atoms with Gasteiger partial charge in [-0.2, -0.15) is 0 Å². The van der Waals surface area contributed by atoms with Gasteiger partial charge in [0.2, 0.25) is 0 Å². The van der Waals surface area contributed by atoms with Gasteiger partial charge >= 0.3 is 0 Å². The maximum atomic E-state index is 10.8. The molecule has 0 bridgehead atoms. The van der Waals surface area contributed by atoms with Crippen molar-refractivity contribution in [2.24, 2.45) is 0 Å². The normalized spacial score (nSPS) is 14.3. The predicted molar refractivity (Wildman–Crippen MR) is 86.6 cm³/mol. The van der Waals surface area contributed by atoms with Crippen LogP contribution in [0.3, 0.4) is 0 Å². The van der Waals surface area contributed by atoms with Gasteiger partial charge in [-0.25, -0.2) is 0 Å². The molecular weight excluding hydrogens is 288 g/mol. The van der Waals surface area contributed by atoms with Crippen LogP contribution in [0.5, 0.6) is 0 Å². The number of rotatable bonds is 3. The Hall–Kier alpha value is -1.35. The van der Waals surface area contributed by atoms with Crippen LogP contribution in [0.15, 0.2) is 54.6 Å². The lowest BCUT2D eigenvalue weighted by Gasteiger charge is -2.22. The van der Waals surface area contributed by atoms with Crippen LogP contribution in [0.25, 0.3) is 10.1 Å². The van der Waals surface area contributed by atoms with Crippen LogP contribution in [-0.2, 0) is 12.0 Å². The van der Waals surface area contributed by atoms with Crippen LogP contribution in [0.1, 0.15) is 17.4 Å². The topological polar surface area (TPSA) is 20.2 Å². The van der Waals surface area contributed by atoms with Crippen molar-refractivity contribution in [3.63, 3.8) is 0 Å². The zero-order valence-electron chi connectivity index (χ0n) is 11.1. The van der Waals surface area contributed by atoms with Crippen molar-refractivity contribution in [1.29, 1.82) is 0 Å². The second-order valence-corrected chi connectivity index (χ2v) is 6.75. The summed E-state index contributed by atoms with van der Waals surface area (Å²) < 4.78 is 1.20. The van der Waals surface area contributed by atoms with Crippen molar-refractivity contribution in [2.75, 3.05) is 0 Å². The minimum Gasteiger partial charge on any atom is -0.384 e. The molecule has 1 atom stereocenters. The van der Waals surface area contributed by atoms with Crippen molar-refractivity contribution < 1.29 is 5.11 Å². The Labute approximate surface area is 127 Å². The summed E-state index contributed by atoms with van der Waals surface area (Å²) in [4.78, 5) is 0.985. The molecule has 0 fully saturated rings. The summed E-state index contributed by atoms with van der Waals surface area (Å²) in [5.41, 5.74) is 0.161. The molecule has 1 N–H and O–H groups in total. The zero-order chi connectivity index (χ0) is 14.2. The standard InChI is InChI=1S/C17H15ClOS/c1-17(19,11-12-5-4-7-14(18)9-12)16-10-13-6-2-3-8-15(13)20-16/h2-10,19H,11H2,1H3. The molecular formula is C17H15ClOS. The number of hydrogen-bond acceptors (Lipinski definition) is 2. The summed E-state index contributed by atoms with van der Waals surface area (Å²) in [5.74, 6) is 0. The van der Waals surface area contributed by atoms with E-state index in [0.717, 1.165) is 10.4 Å². The van der Waals surface area contributed by atoms with E-state index in [0.29, 0.717) is 11.4 Å². The van der Waals surface area contributed by atoms with Gasteiger partial charge in [0.05, 0.1) is 5.60 Å². The number of halogens is 1. The molecule has 2 aromatic carbocycles. The first-order chi connectivity index (χ1) is 9.54. The van der Waals surface area contributed by atoms with E-state index in [2.05, 4.69) is 18.2 Å². The van der Waals surface area contributed by atoms with Gasteiger partial charge in [0.25, 0.3) is 0 Å². The molecule has 3 rings (SSSR count). The van der Waals surface area contributed by atoms with Gasteiger partial charge in [0.15, 0.2) is 0 Å². The molecule has 0 saturated heterocycles. The Morgan fingerprint density at radius 3 is 2.65 bits per heavy atom. The monoisotopic (exact) mass is 302 g/mol. The first-order valence-electron chi connectivity index (χ1n) is 6.50. The third kappa shape index (κ3) is 2.73. The van der Waals surface area contributed by atoms with Gasteiger partial charge in [-0.05, 0) is 42.1 Å². The molecule has 0 aliphatic heterocycles. The van der Waals surface area contributed by atoms with Gasteiger partial charge in [0.1, 0.15) is 0 Å². The quantitative estimate of drug-likeness (QED) is 0.721. The van der Waals surface area contributed by atoms with E-state index >= 15 is 0 Å². The molecule has 0 spiro atoms. The summed E-state index contributed by atoms with van der Waals surface area (Å²) in [6, 6.07) is 17.9. The van der Waals surface area contributed by atoms with E-state index in [1.807, 2.05) is 43.3 Å². The molecule has 3 heteroatoms. The van der Waals surface area contributed by atoms with E-state index in [9.17, 15) is 5.11 Å². The first kappa shape index (κ1) is 13.6. The Balaban J connectivity index is 1.94. The lowest BCUT2D eigenvalue weighted by Crippen LogP contribution is -2.22. The number of benzene rings is 2. The molecule has 0 amide bonds. The highest BCUT2D eigenvalue weighted by atomic mass is 35.5. The van der Waals surface area contributed by atoms with Crippen molar-refractivity contribution in [3.05, 3.63) is 70.1 Å². The molecule has 0 aliphatic carbocycles. The largest absolute Gasteiger partial charge is 0.384 e. The minimum atomic E-state index is -0.881. The first-order valence-corrected chi connectivity index (χ1v) is 7.70. The second kappa shape index (κ2) is 5.21. The Morgan fingerprint density at radius 2 is 1.90 bits per heavy atom. The molecule has 0 radical (unpaired) electrons. The fourth-order valence-electron chi connectivity index (χ4n) is 2.38. The van der Waals surface area contributed by atoms with Crippen molar-refractivity contribution in [3.8, 4) is 0 Å². The summed E-state index contributed by atoms with van der Waals surface area (Å²) in [5, 5.41) is 12.7. The average molecular weight is 303 g/mol. The van der Waals surface area contributed by atoms with Crippen LogP contribution >= 0.6 is 22.9 Å². The molecule has 102 valence electrons. The van der Waals surface area contributed by atoms with Crippen molar-refractivity contribution >= 4 is 33.0 Å². The highest BCUT2D eigenvalue weighted by molar-refractivity contribution is 7.19. The van der Waals surface area contributed by atoms with E-state index < -0.39 is 5.60 Å². The molecule has 0 aliphatic rings. The molecule has 20 heavy (non-hydrogen) atoms. The Bertz CT molecular complexity index is 712. The summed E-state index contributed by atoms with van der Waals surface area (Å²) in [6.45, 7) is 1.86. The highest BCUT2D eigenvalue weighted by Gasteiger charge is 2.25. The zero-order valence-corrected chi connectivity index (χ0v) is 12.7. The van der Waals surface area contributed by atoms with Crippen molar-refractivity contribution in [2.45, 2.75) is 18.9 Å². The summed E-state index contributed by atoms with van der Waals surface area (Å²) in [6.07, 6.45) is 0.556. The van der Waals surface area contributed by atoms with Crippen LogP contribution < -0.4 is 0 Å². The number of thiophene rings is 1. The van der Waals surface area contributed by atoms with E-state index in [1.165, 1.54) is 10.1 Å². The van der Waals surface area contributed by atoms with E-state index in [4.69, 9.17) is 11.6 Å². The van der Waals surface area contributed by atoms with E-state index in [-0.39, 0.29) is 0 Å². The van der Waals surface area contributed by atoms with Crippen LogP contribution in [0.2, 0.25) is 5.02 Å². The Kier molecular flexibility index (Phi) is 3.55. The maximum absolute atomic E-state index is 10.8. The van der Waals surface area contributed by atoms with Gasteiger partial charge in [-0.15, -0.1) is 11.3 Å². The SMILES string of the molecule is CC(O)(Cc1cccc(Cl)c1)c1cc2ccccc2s1. The molecule has 0 saturated carbocycles. The smallest absolute Gasteiger partial charge is 0.1000 e. The highest BCUT2D eigenvalue weighted by Crippen LogP contribution is 2.35. The third-order valence-corrected chi connectivity index (χ3v) is 5.00. The molecule has 1 heterocycles. The predicted octanol–water partition coefficient (Wildman–Crippen LogP) is 5.00. The summed E-state index contributed by atoms with van der Waals surface area (Å²) >= 11 is 7.65. The van der Waals surface area contributed by atoms with Crippen LogP contribution in [-0.4, -0.2) is 5.11 Å². The summed E-state index contributed by atoms with van der Waals surface area (Å²) in [7, 11) is 0. The third-order valence-electron chi connectivity index (χ3n) is 3.39. The molecule has 1 nitrogen and oxygen atoms in total. The van der Waals surface area contributed by atoms with Gasteiger partial charge in [-0.1, -0.05) is 41.9 Å². The van der Waals surface area contributed by atoms with Crippen LogP contribution in [0.4, 0.5) is 0 Å². The fourth-order valence-corrected chi connectivity index (χ4v) is 3.70. The maximum Gasteiger partial charge on any atom is 0.1000 e.